The fraction of sp³-hybridized carbons (Fsp3) is 1.00. The average Bonchev–Trinajstić information content (AvgIpc) is 2.23. The molecule has 1 saturated heterocycles. The molecule has 3 unspecified atom stereocenters. The number of aliphatic hydroxyl groups is 2. The molecule has 3 atom stereocenters. The minimum absolute atomic E-state index is 0.00775. The Bertz CT molecular complexity index is 168. The lowest BCUT2D eigenvalue weighted by Crippen LogP contribution is -2.36. The van der Waals surface area contributed by atoms with Crippen molar-refractivity contribution in [1.29, 1.82) is 0 Å². The molecule has 5 heteroatoms. The molecule has 1 fully saturated rings. The molecule has 1 aliphatic heterocycles. The van der Waals surface area contributed by atoms with Gasteiger partial charge in [-0.2, -0.15) is 0 Å². The molecular formula is C10H20O4S. The molecule has 0 saturated carbocycles. The molecule has 4 nitrogen and oxygen atoms in total. The van der Waals surface area contributed by atoms with Crippen molar-refractivity contribution in [2.24, 2.45) is 0 Å². The maximum atomic E-state index is 9.55. The summed E-state index contributed by atoms with van der Waals surface area (Å²) in [6, 6.07) is 0. The Kier molecular flexibility index (Phi) is 6.59. The summed E-state index contributed by atoms with van der Waals surface area (Å²) in [6.45, 7) is 0.748. The fourth-order valence-electron chi connectivity index (χ4n) is 1.59. The quantitative estimate of drug-likeness (QED) is 0.662. The second kappa shape index (κ2) is 7.46. The van der Waals surface area contributed by atoms with Gasteiger partial charge in [0.05, 0.1) is 18.8 Å². The molecule has 1 heterocycles. The standard InChI is InChI=1S/C10H20O4S/c1-13-3-2-4-15-10-6-8(12)5-9(7-11)14-10/h8-12H,2-7H2,1H3. The van der Waals surface area contributed by atoms with Crippen molar-refractivity contribution in [1.82, 2.24) is 0 Å². The Morgan fingerprint density at radius 1 is 1.47 bits per heavy atom. The molecule has 90 valence electrons. The van der Waals surface area contributed by atoms with E-state index in [4.69, 9.17) is 14.6 Å². The third-order valence-corrected chi connectivity index (χ3v) is 3.54. The molecule has 0 amide bonds. The number of hydrogen-bond donors (Lipinski definition) is 2. The summed E-state index contributed by atoms with van der Waals surface area (Å²) in [5.74, 6) is 0.962. The number of hydrogen-bond acceptors (Lipinski definition) is 5. The highest BCUT2D eigenvalue weighted by Gasteiger charge is 2.27. The molecule has 1 aliphatic rings. The van der Waals surface area contributed by atoms with Crippen LogP contribution in [0.25, 0.3) is 0 Å². The molecule has 15 heavy (non-hydrogen) atoms. The monoisotopic (exact) mass is 236 g/mol. The third kappa shape index (κ3) is 5.17. The molecule has 0 bridgehead atoms. The number of rotatable bonds is 6. The second-order valence-electron chi connectivity index (χ2n) is 3.71. The van der Waals surface area contributed by atoms with Gasteiger partial charge in [0.1, 0.15) is 5.44 Å². The predicted octanol–water partition coefficient (Wildman–Crippen LogP) is 0.614. The largest absolute Gasteiger partial charge is 0.394 e. The molecule has 1 rings (SSSR count). The van der Waals surface area contributed by atoms with E-state index in [1.807, 2.05) is 0 Å². The summed E-state index contributed by atoms with van der Waals surface area (Å²) in [7, 11) is 1.69. The maximum absolute atomic E-state index is 9.55. The van der Waals surface area contributed by atoms with Crippen molar-refractivity contribution in [3.63, 3.8) is 0 Å². The zero-order valence-electron chi connectivity index (χ0n) is 9.09. The number of methoxy groups -OCH3 is 1. The second-order valence-corrected chi connectivity index (χ2v) is 4.98. The van der Waals surface area contributed by atoms with Crippen LogP contribution in [0.3, 0.4) is 0 Å². The SMILES string of the molecule is COCCCSC1CC(O)CC(CO)O1. The lowest BCUT2D eigenvalue weighted by Gasteiger charge is -2.31. The summed E-state index contributed by atoms with van der Waals surface area (Å²) in [6.07, 6.45) is 1.66. The van der Waals surface area contributed by atoms with Gasteiger partial charge in [0.25, 0.3) is 0 Å². The first-order valence-electron chi connectivity index (χ1n) is 5.31. The van der Waals surface area contributed by atoms with Crippen molar-refractivity contribution in [3.8, 4) is 0 Å². The topological polar surface area (TPSA) is 58.9 Å². The van der Waals surface area contributed by atoms with Crippen molar-refractivity contribution in [3.05, 3.63) is 0 Å². The van der Waals surface area contributed by atoms with Crippen molar-refractivity contribution >= 4 is 11.8 Å². The Morgan fingerprint density at radius 2 is 2.27 bits per heavy atom. The molecule has 0 aromatic rings. The normalized spacial score (nSPS) is 31.8. The van der Waals surface area contributed by atoms with Crippen LogP contribution in [-0.2, 0) is 9.47 Å². The highest BCUT2D eigenvalue weighted by molar-refractivity contribution is 7.99. The minimum Gasteiger partial charge on any atom is -0.394 e. The van der Waals surface area contributed by atoms with Crippen LogP contribution in [0.15, 0.2) is 0 Å². The van der Waals surface area contributed by atoms with Gasteiger partial charge < -0.3 is 19.7 Å². The van der Waals surface area contributed by atoms with Gasteiger partial charge in [-0.1, -0.05) is 0 Å². The van der Waals surface area contributed by atoms with Gasteiger partial charge in [-0.15, -0.1) is 11.8 Å². The van der Waals surface area contributed by atoms with E-state index in [-0.39, 0.29) is 24.3 Å². The number of aliphatic hydroxyl groups excluding tert-OH is 2. The van der Waals surface area contributed by atoms with E-state index in [2.05, 4.69) is 0 Å². The van der Waals surface area contributed by atoms with Crippen LogP contribution < -0.4 is 0 Å². The smallest absolute Gasteiger partial charge is 0.106 e. The molecule has 0 spiro atoms. The first-order valence-corrected chi connectivity index (χ1v) is 6.36. The summed E-state index contributed by atoms with van der Waals surface area (Å²) < 4.78 is 10.5. The van der Waals surface area contributed by atoms with Crippen LogP contribution in [0.5, 0.6) is 0 Å². The Balaban J connectivity index is 2.16. The lowest BCUT2D eigenvalue weighted by molar-refractivity contribution is -0.0783. The first kappa shape index (κ1) is 13.3. The minimum atomic E-state index is -0.337. The number of thioether (sulfide) groups is 1. The van der Waals surface area contributed by atoms with Gasteiger partial charge >= 0.3 is 0 Å². The van der Waals surface area contributed by atoms with Gasteiger partial charge in [-0.05, 0) is 12.2 Å². The number of ether oxygens (including phenoxy) is 2. The van der Waals surface area contributed by atoms with E-state index in [1.54, 1.807) is 18.9 Å². The Hall–Kier alpha value is 0.190. The van der Waals surface area contributed by atoms with Crippen molar-refractivity contribution < 1.29 is 19.7 Å². The van der Waals surface area contributed by atoms with Gasteiger partial charge in [-0.3, -0.25) is 0 Å². The summed E-state index contributed by atoms with van der Waals surface area (Å²) in [5, 5.41) is 18.5. The van der Waals surface area contributed by atoms with E-state index in [0.717, 1.165) is 18.8 Å². The zero-order chi connectivity index (χ0) is 11.1. The van der Waals surface area contributed by atoms with Crippen LogP contribution in [0, 0.1) is 0 Å². The summed E-state index contributed by atoms with van der Waals surface area (Å²) in [5.41, 5.74) is 0.0164. The van der Waals surface area contributed by atoms with E-state index in [9.17, 15) is 5.11 Å². The predicted molar refractivity (Wildman–Crippen MR) is 59.9 cm³/mol. The van der Waals surface area contributed by atoms with E-state index in [0.29, 0.717) is 12.8 Å². The molecule has 2 N–H and O–H groups in total. The van der Waals surface area contributed by atoms with Crippen molar-refractivity contribution in [2.75, 3.05) is 26.1 Å². The zero-order valence-corrected chi connectivity index (χ0v) is 9.91. The Labute approximate surface area is 95.0 Å². The molecular weight excluding hydrogens is 216 g/mol. The van der Waals surface area contributed by atoms with Gasteiger partial charge in [0, 0.05) is 26.6 Å². The van der Waals surface area contributed by atoms with Gasteiger partial charge in [0.2, 0.25) is 0 Å². The average molecular weight is 236 g/mol. The van der Waals surface area contributed by atoms with Crippen LogP contribution in [-0.4, -0.2) is 53.9 Å². The fourth-order valence-corrected chi connectivity index (χ4v) is 2.73. The summed E-state index contributed by atoms with van der Waals surface area (Å²) in [4.78, 5) is 0. The third-order valence-electron chi connectivity index (χ3n) is 2.34. The molecule has 0 aromatic heterocycles. The molecule has 0 aliphatic carbocycles. The van der Waals surface area contributed by atoms with E-state index in [1.165, 1.54) is 0 Å². The molecule has 0 radical (unpaired) electrons. The lowest BCUT2D eigenvalue weighted by atomic mass is 10.1. The van der Waals surface area contributed by atoms with E-state index >= 15 is 0 Å². The highest BCUT2D eigenvalue weighted by Crippen LogP contribution is 2.27. The van der Waals surface area contributed by atoms with E-state index < -0.39 is 0 Å². The Morgan fingerprint density at radius 3 is 2.93 bits per heavy atom. The van der Waals surface area contributed by atoms with Gasteiger partial charge in [0.15, 0.2) is 0 Å². The highest BCUT2D eigenvalue weighted by atomic mass is 32.2. The van der Waals surface area contributed by atoms with Crippen LogP contribution in [0.1, 0.15) is 19.3 Å². The van der Waals surface area contributed by atoms with Crippen LogP contribution in [0.4, 0.5) is 0 Å². The maximum Gasteiger partial charge on any atom is 0.106 e. The molecule has 0 aromatic carbocycles. The van der Waals surface area contributed by atoms with Crippen LogP contribution >= 0.6 is 11.8 Å². The van der Waals surface area contributed by atoms with Crippen molar-refractivity contribution in [2.45, 2.75) is 36.9 Å². The summed E-state index contributed by atoms with van der Waals surface area (Å²) >= 11 is 1.69. The first-order chi connectivity index (χ1) is 7.26. The van der Waals surface area contributed by atoms with Crippen LogP contribution in [0.2, 0.25) is 0 Å². The van der Waals surface area contributed by atoms with Gasteiger partial charge in [-0.25, -0.2) is 0 Å².